The third-order valence-corrected chi connectivity index (χ3v) is 5.23. The van der Waals surface area contributed by atoms with E-state index >= 15 is 0 Å². The van der Waals surface area contributed by atoms with Gasteiger partial charge in [-0.15, -0.1) is 0 Å². The van der Waals surface area contributed by atoms with Gasteiger partial charge < -0.3 is 13.9 Å². The molecule has 2 heterocycles. The van der Waals surface area contributed by atoms with Crippen molar-refractivity contribution < 1.29 is 23.1 Å². The minimum Gasteiger partial charge on any atom is -0.493 e. The van der Waals surface area contributed by atoms with Gasteiger partial charge in [-0.2, -0.15) is 5.10 Å². The lowest BCUT2D eigenvalue weighted by molar-refractivity contribution is 0.0676. The molecule has 0 fully saturated rings. The van der Waals surface area contributed by atoms with Gasteiger partial charge in [0.25, 0.3) is 0 Å². The van der Waals surface area contributed by atoms with E-state index in [1.54, 1.807) is 37.4 Å². The molecule has 0 N–H and O–H groups in total. The molecule has 30 heavy (non-hydrogen) atoms. The molecule has 1 amide bonds. The smallest absolute Gasteiger partial charge is 0.310 e. The molecule has 3 aromatic rings. The average Bonchev–Trinajstić information content (AvgIpc) is 3.43. The van der Waals surface area contributed by atoms with Gasteiger partial charge in [0.1, 0.15) is 5.82 Å². The Morgan fingerprint density at radius 2 is 1.97 bits per heavy atom. The number of nitrogens with zero attached hydrogens (tertiary/aromatic N) is 2. The molecule has 2 aromatic carbocycles. The van der Waals surface area contributed by atoms with Crippen molar-refractivity contribution in [3.05, 3.63) is 82.5 Å². The summed E-state index contributed by atoms with van der Waals surface area (Å²) < 4.78 is 30.6. The van der Waals surface area contributed by atoms with Crippen molar-refractivity contribution >= 4 is 23.2 Å². The van der Waals surface area contributed by atoms with Crippen LogP contribution in [0.25, 0.3) is 0 Å². The van der Waals surface area contributed by atoms with E-state index < -0.39 is 17.8 Å². The summed E-state index contributed by atoms with van der Waals surface area (Å²) in [7, 11) is 3.08. The van der Waals surface area contributed by atoms with Crippen molar-refractivity contribution in [1.82, 2.24) is 5.01 Å². The van der Waals surface area contributed by atoms with Gasteiger partial charge in [0.15, 0.2) is 17.3 Å². The second-order valence-corrected chi connectivity index (χ2v) is 7.01. The number of hydrogen-bond acceptors (Lipinski definition) is 5. The molecule has 0 saturated carbocycles. The van der Waals surface area contributed by atoms with Crippen molar-refractivity contribution in [2.45, 2.75) is 12.5 Å². The predicted octanol–water partition coefficient (Wildman–Crippen LogP) is 5.08. The van der Waals surface area contributed by atoms with E-state index in [1.807, 2.05) is 0 Å². The van der Waals surface area contributed by atoms with E-state index in [2.05, 4.69) is 5.10 Å². The first-order valence-electron chi connectivity index (χ1n) is 9.14. The number of ether oxygens (including phenoxy) is 2. The molecule has 0 saturated heterocycles. The lowest BCUT2D eigenvalue weighted by Gasteiger charge is -2.22. The fourth-order valence-electron chi connectivity index (χ4n) is 3.45. The number of benzene rings is 2. The highest BCUT2D eigenvalue weighted by Gasteiger charge is 2.37. The van der Waals surface area contributed by atoms with Crippen LogP contribution in [0.1, 0.15) is 34.1 Å². The number of carbonyl (C=O) groups excluding carboxylic acids is 1. The Kier molecular flexibility index (Phi) is 5.46. The van der Waals surface area contributed by atoms with Gasteiger partial charge in [0, 0.05) is 22.6 Å². The molecule has 8 heteroatoms. The lowest BCUT2D eigenvalue weighted by Crippen LogP contribution is -2.27. The topological polar surface area (TPSA) is 64.3 Å². The van der Waals surface area contributed by atoms with Crippen LogP contribution in [0.2, 0.25) is 5.02 Å². The van der Waals surface area contributed by atoms with E-state index in [1.165, 1.54) is 36.6 Å². The summed E-state index contributed by atoms with van der Waals surface area (Å²) in [6, 6.07) is 12.2. The molecule has 0 bridgehead atoms. The predicted molar refractivity (Wildman–Crippen MR) is 110 cm³/mol. The van der Waals surface area contributed by atoms with Crippen LogP contribution in [0.5, 0.6) is 11.5 Å². The number of carbonyl (C=O) groups is 1. The maximum atomic E-state index is 14.7. The minimum atomic E-state index is -0.723. The van der Waals surface area contributed by atoms with Crippen molar-refractivity contribution in [3.8, 4) is 11.5 Å². The zero-order chi connectivity index (χ0) is 21.3. The summed E-state index contributed by atoms with van der Waals surface area (Å²) in [4.78, 5) is 13.0. The largest absolute Gasteiger partial charge is 0.493 e. The quantitative estimate of drug-likeness (QED) is 0.568. The molecule has 1 aliphatic heterocycles. The summed E-state index contributed by atoms with van der Waals surface area (Å²) in [6.07, 6.45) is 1.66. The number of hydrazone groups is 1. The zero-order valence-electron chi connectivity index (χ0n) is 16.3. The van der Waals surface area contributed by atoms with Crippen LogP contribution in [0.3, 0.4) is 0 Å². The van der Waals surface area contributed by atoms with Crippen LogP contribution in [0.15, 0.2) is 64.3 Å². The molecule has 0 radical (unpaired) electrons. The molecular weight excluding hydrogens is 411 g/mol. The van der Waals surface area contributed by atoms with Gasteiger partial charge in [0.05, 0.1) is 32.2 Å². The molecule has 154 valence electrons. The number of furan rings is 1. The first-order chi connectivity index (χ1) is 14.5. The van der Waals surface area contributed by atoms with Crippen molar-refractivity contribution in [2.75, 3.05) is 14.2 Å². The first kappa shape index (κ1) is 20.0. The molecular formula is C22H18ClFN2O4. The monoisotopic (exact) mass is 428 g/mol. The van der Waals surface area contributed by atoms with E-state index in [4.69, 9.17) is 25.5 Å². The first-order valence-corrected chi connectivity index (χ1v) is 9.52. The second kappa shape index (κ2) is 8.20. The summed E-state index contributed by atoms with van der Waals surface area (Å²) in [5, 5.41) is 5.94. The Labute approximate surface area is 177 Å². The van der Waals surface area contributed by atoms with E-state index in [9.17, 15) is 9.18 Å². The normalized spacial score (nSPS) is 15.8. The zero-order valence-corrected chi connectivity index (χ0v) is 17.0. The molecule has 0 aliphatic carbocycles. The Balaban J connectivity index is 1.78. The minimum absolute atomic E-state index is 0.102. The van der Waals surface area contributed by atoms with Gasteiger partial charge in [-0.3, -0.25) is 4.79 Å². The Hall–Kier alpha value is -3.32. The van der Waals surface area contributed by atoms with Crippen LogP contribution < -0.4 is 9.47 Å². The molecule has 0 unspecified atom stereocenters. The SMILES string of the molecule is COc1ccc(C2=NN(C(=O)c3ccco3)[C@@H](c3c(F)cccc3Cl)C2)cc1OC. The van der Waals surface area contributed by atoms with Gasteiger partial charge in [0.2, 0.25) is 0 Å². The van der Waals surface area contributed by atoms with Crippen molar-refractivity contribution in [1.29, 1.82) is 0 Å². The maximum absolute atomic E-state index is 14.7. The van der Waals surface area contributed by atoms with Crippen LogP contribution in [0.4, 0.5) is 4.39 Å². The van der Waals surface area contributed by atoms with Crippen molar-refractivity contribution in [2.24, 2.45) is 5.10 Å². The number of methoxy groups -OCH3 is 2. The van der Waals surface area contributed by atoms with Gasteiger partial charge in [-0.1, -0.05) is 17.7 Å². The molecule has 1 aromatic heterocycles. The third kappa shape index (κ3) is 3.52. The number of hydrogen-bond donors (Lipinski definition) is 0. The lowest BCUT2D eigenvalue weighted by atomic mass is 9.97. The molecule has 4 rings (SSSR count). The summed E-state index contributed by atoms with van der Waals surface area (Å²) in [5.74, 6) is 0.198. The maximum Gasteiger partial charge on any atom is 0.310 e. The van der Waals surface area contributed by atoms with E-state index in [0.29, 0.717) is 17.2 Å². The molecule has 1 atom stereocenters. The van der Waals surface area contributed by atoms with E-state index in [-0.39, 0.29) is 22.8 Å². The number of amides is 1. The Bertz CT molecular complexity index is 1090. The third-order valence-electron chi connectivity index (χ3n) is 4.90. The Morgan fingerprint density at radius 1 is 1.17 bits per heavy atom. The summed E-state index contributed by atoms with van der Waals surface area (Å²) >= 11 is 6.30. The van der Waals surface area contributed by atoms with Crippen LogP contribution in [0, 0.1) is 5.82 Å². The average molecular weight is 429 g/mol. The molecule has 0 spiro atoms. The highest BCUT2D eigenvalue weighted by atomic mass is 35.5. The number of rotatable bonds is 5. The van der Waals surface area contributed by atoms with Gasteiger partial charge in [-0.25, -0.2) is 9.40 Å². The van der Waals surface area contributed by atoms with Crippen LogP contribution >= 0.6 is 11.6 Å². The van der Waals surface area contributed by atoms with Crippen molar-refractivity contribution in [3.63, 3.8) is 0 Å². The Morgan fingerprint density at radius 3 is 2.63 bits per heavy atom. The second-order valence-electron chi connectivity index (χ2n) is 6.60. The molecule has 1 aliphatic rings. The fourth-order valence-corrected chi connectivity index (χ4v) is 3.74. The molecule has 6 nitrogen and oxygen atoms in total. The highest BCUT2D eigenvalue weighted by Crippen LogP contribution is 2.39. The van der Waals surface area contributed by atoms with Gasteiger partial charge >= 0.3 is 5.91 Å². The summed E-state index contributed by atoms with van der Waals surface area (Å²) in [6.45, 7) is 0. The van der Waals surface area contributed by atoms with Crippen LogP contribution in [-0.4, -0.2) is 30.8 Å². The number of halogens is 2. The summed E-state index contributed by atoms with van der Waals surface area (Å²) in [5.41, 5.74) is 1.51. The van der Waals surface area contributed by atoms with E-state index in [0.717, 1.165) is 5.56 Å². The highest BCUT2D eigenvalue weighted by molar-refractivity contribution is 6.31. The fraction of sp³-hybridized carbons (Fsp3) is 0.182. The van der Waals surface area contributed by atoms with Crippen LogP contribution in [-0.2, 0) is 0 Å². The standard InChI is InChI=1S/C22H18ClFN2O4/c1-28-18-9-8-13(11-20(18)29-2)16-12-17(21-14(23)5-3-6-15(21)24)26(25-16)22(27)19-7-4-10-30-19/h3-11,17H,12H2,1-2H3/t17-/m1/s1. The van der Waals surface area contributed by atoms with Gasteiger partial charge in [-0.05, 0) is 42.5 Å².